The summed E-state index contributed by atoms with van der Waals surface area (Å²) in [5.41, 5.74) is 0.519. The number of carbonyl (C=O) groups excluding carboxylic acids is 2. The summed E-state index contributed by atoms with van der Waals surface area (Å²) in [5, 5.41) is 5.22. The van der Waals surface area contributed by atoms with Crippen molar-refractivity contribution in [2.75, 3.05) is 33.2 Å². The number of nitrogens with zero attached hydrogens (tertiary/aromatic N) is 1. The molecule has 1 saturated heterocycles. The molecular weight excluding hydrogens is 294 g/mol. The highest BCUT2D eigenvalue weighted by molar-refractivity contribution is 5.96. The van der Waals surface area contributed by atoms with Gasteiger partial charge in [-0.05, 0) is 51.1 Å². The normalized spacial score (nSPS) is 15.9. The number of ether oxygens (including phenoxy) is 1. The summed E-state index contributed by atoms with van der Waals surface area (Å²) in [7, 11) is 2.12. The Morgan fingerprint density at radius 2 is 1.83 bits per heavy atom. The maximum Gasteiger partial charge on any atom is 0.251 e. The third-order valence-electron chi connectivity index (χ3n) is 3.87. The standard InChI is InChI=1S/C17H25N3O3/c1-3-18-16(21)12-19-17(22)13-4-6-14(7-5-13)23-15-8-10-20(2)11-9-15/h4-7,15H,3,8-12H2,1-2H3,(H,18,21)(H,19,22). The molecule has 1 aliphatic heterocycles. The molecule has 6 nitrogen and oxygen atoms in total. The number of rotatable bonds is 6. The predicted octanol–water partition coefficient (Wildman–Crippen LogP) is 1.03. The van der Waals surface area contributed by atoms with E-state index in [9.17, 15) is 9.59 Å². The fourth-order valence-electron chi connectivity index (χ4n) is 2.50. The van der Waals surface area contributed by atoms with Crippen molar-refractivity contribution < 1.29 is 14.3 Å². The van der Waals surface area contributed by atoms with Crippen molar-refractivity contribution in [3.8, 4) is 5.75 Å². The van der Waals surface area contributed by atoms with Crippen LogP contribution in [0.5, 0.6) is 5.75 Å². The molecule has 2 rings (SSSR count). The van der Waals surface area contributed by atoms with Gasteiger partial charge in [0.15, 0.2) is 0 Å². The van der Waals surface area contributed by atoms with Gasteiger partial charge in [0.1, 0.15) is 11.9 Å². The highest BCUT2D eigenvalue weighted by Crippen LogP contribution is 2.19. The molecule has 2 amide bonds. The average Bonchev–Trinajstić information content (AvgIpc) is 2.56. The molecule has 0 saturated carbocycles. The lowest BCUT2D eigenvalue weighted by molar-refractivity contribution is -0.120. The van der Waals surface area contributed by atoms with Gasteiger partial charge in [-0.1, -0.05) is 0 Å². The third-order valence-corrected chi connectivity index (χ3v) is 3.87. The number of amides is 2. The molecule has 1 aliphatic rings. The molecule has 0 unspecified atom stereocenters. The Bertz CT molecular complexity index is 522. The van der Waals surface area contributed by atoms with E-state index < -0.39 is 0 Å². The second-order valence-corrected chi connectivity index (χ2v) is 5.78. The highest BCUT2D eigenvalue weighted by Gasteiger charge is 2.18. The molecule has 23 heavy (non-hydrogen) atoms. The van der Waals surface area contributed by atoms with Crippen molar-refractivity contribution in [2.45, 2.75) is 25.9 Å². The first-order valence-electron chi connectivity index (χ1n) is 8.08. The van der Waals surface area contributed by atoms with Crippen molar-refractivity contribution in [1.29, 1.82) is 0 Å². The first-order valence-corrected chi connectivity index (χ1v) is 8.08. The van der Waals surface area contributed by atoms with E-state index in [1.54, 1.807) is 24.3 Å². The Morgan fingerprint density at radius 3 is 2.43 bits per heavy atom. The Balaban J connectivity index is 1.81. The minimum atomic E-state index is -0.262. The zero-order chi connectivity index (χ0) is 16.7. The average molecular weight is 319 g/mol. The summed E-state index contributed by atoms with van der Waals surface area (Å²) in [5.74, 6) is 0.324. The van der Waals surface area contributed by atoms with Gasteiger partial charge in [-0.25, -0.2) is 0 Å². The molecule has 1 aromatic carbocycles. The maximum absolute atomic E-state index is 12.0. The summed E-state index contributed by atoms with van der Waals surface area (Å²) in [6.07, 6.45) is 2.28. The number of nitrogens with one attached hydrogen (secondary N) is 2. The van der Waals surface area contributed by atoms with Crippen LogP contribution < -0.4 is 15.4 Å². The van der Waals surface area contributed by atoms with Crippen molar-refractivity contribution >= 4 is 11.8 Å². The summed E-state index contributed by atoms with van der Waals surface area (Å²) < 4.78 is 5.95. The molecule has 0 aromatic heterocycles. The van der Waals surface area contributed by atoms with E-state index in [0.717, 1.165) is 31.7 Å². The van der Waals surface area contributed by atoms with Crippen molar-refractivity contribution in [3.05, 3.63) is 29.8 Å². The summed E-state index contributed by atoms with van der Waals surface area (Å²) >= 11 is 0. The lowest BCUT2D eigenvalue weighted by atomic mass is 10.1. The molecule has 0 atom stereocenters. The van der Waals surface area contributed by atoms with Crippen LogP contribution in [0, 0.1) is 0 Å². The van der Waals surface area contributed by atoms with Gasteiger partial charge in [0, 0.05) is 25.2 Å². The topological polar surface area (TPSA) is 70.7 Å². The van der Waals surface area contributed by atoms with Crippen LogP contribution in [-0.2, 0) is 4.79 Å². The number of benzene rings is 1. The highest BCUT2D eigenvalue weighted by atomic mass is 16.5. The van der Waals surface area contributed by atoms with Gasteiger partial charge in [-0.15, -0.1) is 0 Å². The number of likely N-dealkylation sites (N-methyl/N-ethyl adjacent to an activating group) is 1. The van der Waals surface area contributed by atoms with Gasteiger partial charge in [-0.2, -0.15) is 0 Å². The van der Waals surface area contributed by atoms with E-state index in [2.05, 4.69) is 22.6 Å². The van der Waals surface area contributed by atoms with E-state index in [0.29, 0.717) is 12.1 Å². The Labute approximate surface area is 137 Å². The molecule has 0 radical (unpaired) electrons. The molecular formula is C17H25N3O3. The molecule has 126 valence electrons. The van der Waals surface area contributed by atoms with Crippen LogP contribution in [0.15, 0.2) is 24.3 Å². The van der Waals surface area contributed by atoms with Crippen LogP contribution in [0.4, 0.5) is 0 Å². The van der Waals surface area contributed by atoms with E-state index in [4.69, 9.17) is 4.74 Å². The summed E-state index contributed by atoms with van der Waals surface area (Å²) in [6, 6.07) is 7.05. The van der Waals surface area contributed by atoms with Crippen LogP contribution in [0.3, 0.4) is 0 Å². The molecule has 6 heteroatoms. The van der Waals surface area contributed by atoms with Crippen LogP contribution in [0.2, 0.25) is 0 Å². The molecule has 0 bridgehead atoms. The molecule has 2 N–H and O–H groups in total. The molecule has 0 spiro atoms. The van der Waals surface area contributed by atoms with Crippen LogP contribution in [-0.4, -0.2) is 56.0 Å². The predicted molar refractivity (Wildman–Crippen MR) is 88.6 cm³/mol. The smallest absolute Gasteiger partial charge is 0.251 e. The number of carbonyl (C=O) groups is 2. The second-order valence-electron chi connectivity index (χ2n) is 5.78. The number of hydrogen-bond donors (Lipinski definition) is 2. The molecule has 1 fully saturated rings. The van der Waals surface area contributed by atoms with E-state index in [-0.39, 0.29) is 24.5 Å². The van der Waals surface area contributed by atoms with Crippen molar-refractivity contribution in [3.63, 3.8) is 0 Å². The van der Waals surface area contributed by atoms with Crippen LogP contribution >= 0.6 is 0 Å². The van der Waals surface area contributed by atoms with Crippen LogP contribution in [0.25, 0.3) is 0 Å². The zero-order valence-electron chi connectivity index (χ0n) is 13.8. The van der Waals surface area contributed by atoms with Gasteiger partial charge < -0.3 is 20.3 Å². The lowest BCUT2D eigenvalue weighted by Gasteiger charge is -2.29. The van der Waals surface area contributed by atoms with Gasteiger partial charge >= 0.3 is 0 Å². The summed E-state index contributed by atoms with van der Waals surface area (Å²) in [4.78, 5) is 25.6. The van der Waals surface area contributed by atoms with E-state index >= 15 is 0 Å². The van der Waals surface area contributed by atoms with Gasteiger partial charge in [0.25, 0.3) is 5.91 Å². The minimum absolute atomic E-state index is 0.0134. The Hall–Kier alpha value is -2.08. The quantitative estimate of drug-likeness (QED) is 0.821. The fraction of sp³-hybridized carbons (Fsp3) is 0.529. The molecule has 1 heterocycles. The SMILES string of the molecule is CCNC(=O)CNC(=O)c1ccc(OC2CCN(C)CC2)cc1. The second kappa shape index (κ2) is 8.53. The largest absolute Gasteiger partial charge is 0.490 e. The maximum atomic E-state index is 12.0. The summed E-state index contributed by atoms with van der Waals surface area (Å²) in [6.45, 7) is 4.47. The number of hydrogen-bond acceptors (Lipinski definition) is 4. The first kappa shape index (κ1) is 17.3. The molecule has 1 aromatic rings. The first-order chi connectivity index (χ1) is 11.1. The Kier molecular flexibility index (Phi) is 6.40. The van der Waals surface area contributed by atoms with Gasteiger partial charge in [-0.3, -0.25) is 9.59 Å². The molecule has 0 aliphatic carbocycles. The van der Waals surface area contributed by atoms with E-state index in [1.165, 1.54) is 0 Å². The monoisotopic (exact) mass is 319 g/mol. The van der Waals surface area contributed by atoms with Crippen LogP contribution in [0.1, 0.15) is 30.1 Å². The lowest BCUT2D eigenvalue weighted by Crippen LogP contribution is -2.36. The fourth-order valence-corrected chi connectivity index (χ4v) is 2.50. The van der Waals surface area contributed by atoms with Gasteiger partial charge in [0.2, 0.25) is 5.91 Å². The zero-order valence-corrected chi connectivity index (χ0v) is 13.8. The third kappa shape index (κ3) is 5.56. The number of likely N-dealkylation sites (tertiary alicyclic amines) is 1. The number of piperidine rings is 1. The van der Waals surface area contributed by atoms with Gasteiger partial charge in [0.05, 0.1) is 6.54 Å². The van der Waals surface area contributed by atoms with Crippen molar-refractivity contribution in [2.24, 2.45) is 0 Å². The minimum Gasteiger partial charge on any atom is -0.490 e. The van der Waals surface area contributed by atoms with E-state index in [1.807, 2.05) is 6.92 Å². The van der Waals surface area contributed by atoms with Crippen molar-refractivity contribution in [1.82, 2.24) is 15.5 Å². The Morgan fingerprint density at radius 1 is 1.17 bits per heavy atom.